The van der Waals surface area contributed by atoms with Gasteiger partial charge in [0.25, 0.3) is 10.0 Å². The number of thiophene rings is 1. The summed E-state index contributed by atoms with van der Waals surface area (Å²) >= 11 is 1.18. The fraction of sp³-hybridized carbons (Fsp3) is 0.500. The minimum absolute atomic E-state index is 0.123. The Morgan fingerprint density at radius 2 is 2.15 bits per heavy atom. The van der Waals surface area contributed by atoms with Gasteiger partial charge < -0.3 is 4.74 Å². The average molecular weight is 397 g/mol. The summed E-state index contributed by atoms with van der Waals surface area (Å²) in [4.78, 5) is 14.4. The number of rotatable bonds is 6. The quantitative estimate of drug-likeness (QED) is 0.738. The highest BCUT2D eigenvalue weighted by Gasteiger charge is 2.39. The minimum Gasteiger partial charge on any atom is -0.497 e. The highest BCUT2D eigenvalue weighted by atomic mass is 32.2. The molecule has 142 valence electrons. The lowest BCUT2D eigenvalue weighted by Crippen LogP contribution is -2.57. The molecule has 6 nitrogen and oxygen atoms in total. The van der Waals surface area contributed by atoms with Crippen LogP contribution in [0.2, 0.25) is 0 Å². The predicted molar refractivity (Wildman–Crippen MR) is 102 cm³/mol. The summed E-state index contributed by atoms with van der Waals surface area (Å²) in [5, 5.41) is 1.74. The zero-order chi connectivity index (χ0) is 18.7. The van der Waals surface area contributed by atoms with E-state index in [9.17, 15) is 13.2 Å². The number of nitrogens with zero attached hydrogens (tertiary/aromatic N) is 2. The Labute approximate surface area is 158 Å². The average Bonchev–Trinajstić information content (AvgIpc) is 3.17. The van der Waals surface area contributed by atoms with E-state index in [4.69, 9.17) is 4.74 Å². The molecule has 0 saturated carbocycles. The maximum absolute atomic E-state index is 12.9. The summed E-state index contributed by atoms with van der Waals surface area (Å²) in [6, 6.07) is 2.66. The monoisotopic (exact) mass is 396 g/mol. The third-order valence-corrected chi connectivity index (χ3v) is 8.06. The first-order valence-corrected chi connectivity index (χ1v) is 11.0. The van der Waals surface area contributed by atoms with Crippen molar-refractivity contribution in [1.82, 2.24) is 9.21 Å². The van der Waals surface area contributed by atoms with Crippen molar-refractivity contribution in [2.45, 2.75) is 30.5 Å². The van der Waals surface area contributed by atoms with Gasteiger partial charge in [0.15, 0.2) is 0 Å². The van der Waals surface area contributed by atoms with Crippen molar-refractivity contribution in [2.75, 3.05) is 32.8 Å². The minimum atomic E-state index is -3.63. The van der Waals surface area contributed by atoms with Gasteiger partial charge in [0, 0.05) is 26.2 Å². The number of hydrogen-bond donors (Lipinski definition) is 0. The van der Waals surface area contributed by atoms with Crippen molar-refractivity contribution in [3.8, 4) is 0 Å². The molecular weight excluding hydrogens is 372 g/mol. The second-order valence-electron chi connectivity index (χ2n) is 6.47. The second-order valence-corrected chi connectivity index (χ2v) is 9.53. The molecule has 1 aromatic rings. The molecule has 0 amide bonds. The summed E-state index contributed by atoms with van der Waals surface area (Å²) < 4.78 is 32.8. The van der Waals surface area contributed by atoms with Crippen LogP contribution in [0, 0.1) is 0 Å². The highest BCUT2D eigenvalue weighted by Crippen LogP contribution is 2.26. The molecule has 1 atom stereocenters. The van der Waals surface area contributed by atoms with Crippen molar-refractivity contribution in [1.29, 1.82) is 0 Å². The summed E-state index contributed by atoms with van der Waals surface area (Å²) in [7, 11) is -3.63. The first kappa shape index (κ1) is 19.3. The summed E-state index contributed by atoms with van der Waals surface area (Å²) in [6.07, 6.45) is 4.75. The Balaban J connectivity index is 1.76. The molecule has 0 N–H and O–H groups in total. The second kappa shape index (κ2) is 8.04. The van der Waals surface area contributed by atoms with Gasteiger partial charge in [-0.3, -0.25) is 9.69 Å². The largest absolute Gasteiger partial charge is 0.497 e. The molecule has 2 aliphatic heterocycles. The van der Waals surface area contributed by atoms with E-state index in [1.54, 1.807) is 23.8 Å². The van der Waals surface area contributed by atoms with Crippen LogP contribution in [0.5, 0.6) is 0 Å². The predicted octanol–water partition coefficient (Wildman–Crippen LogP) is 2.26. The first-order valence-electron chi connectivity index (χ1n) is 8.71. The Morgan fingerprint density at radius 3 is 2.81 bits per heavy atom. The zero-order valence-corrected chi connectivity index (χ0v) is 16.7. The van der Waals surface area contributed by atoms with Crippen molar-refractivity contribution in [3.05, 3.63) is 41.0 Å². The SMILES string of the molecule is CCC1=COCC=C1CN1CCN(S(=O)(=O)c2cccs2)[C@H](C(C)=O)C1. The van der Waals surface area contributed by atoms with Crippen molar-refractivity contribution >= 4 is 27.1 Å². The Hall–Kier alpha value is -1.48. The van der Waals surface area contributed by atoms with Crippen LogP contribution in [0.15, 0.2) is 45.2 Å². The normalized spacial score (nSPS) is 22.5. The molecule has 0 spiro atoms. The van der Waals surface area contributed by atoms with Crippen LogP contribution in [-0.4, -0.2) is 62.2 Å². The van der Waals surface area contributed by atoms with Crippen LogP contribution in [-0.2, 0) is 19.6 Å². The molecule has 0 aromatic carbocycles. The maximum atomic E-state index is 12.9. The van der Waals surface area contributed by atoms with Gasteiger partial charge in [-0.2, -0.15) is 4.31 Å². The fourth-order valence-electron chi connectivity index (χ4n) is 3.33. The summed E-state index contributed by atoms with van der Waals surface area (Å²) in [5.74, 6) is -0.123. The van der Waals surface area contributed by atoms with Gasteiger partial charge >= 0.3 is 0 Å². The molecule has 1 aromatic heterocycles. The van der Waals surface area contributed by atoms with E-state index in [1.165, 1.54) is 28.1 Å². The highest BCUT2D eigenvalue weighted by molar-refractivity contribution is 7.91. The summed E-state index contributed by atoms with van der Waals surface area (Å²) in [6.45, 7) is 6.15. The zero-order valence-electron chi connectivity index (χ0n) is 15.1. The Kier molecular flexibility index (Phi) is 5.96. The van der Waals surface area contributed by atoms with Gasteiger partial charge in [-0.15, -0.1) is 11.3 Å². The van der Waals surface area contributed by atoms with Gasteiger partial charge in [0.05, 0.1) is 12.3 Å². The number of carbonyl (C=O) groups excluding carboxylic acids is 1. The fourth-order valence-corrected chi connectivity index (χ4v) is 6.08. The van der Waals surface area contributed by atoms with Crippen LogP contribution in [0.4, 0.5) is 0 Å². The summed E-state index contributed by atoms with van der Waals surface area (Å²) in [5.41, 5.74) is 2.36. The van der Waals surface area contributed by atoms with Crippen molar-refractivity contribution in [3.63, 3.8) is 0 Å². The van der Waals surface area contributed by atoms with Crippen LogP contribution in [0.1, 0.15) is 20.3 Å². The van der Waals surface area contributed by atoms with Gasteiger partial charge in [-0.25, -0.2) is 8.42 Å². The number of Topliss-reactive ketones (excluding diaryl/α,β-unsaturated/α-hetero) is 1. The van der Waals surface area contributed by atoms with E-state index < -0.39 is 16.1 Å². The third-order valence-electron chi connectivity index (χ3n) is 4.78. The number of piperazine rings is 1. The van der Waals surface area contributed by atoms with E-state index in [2.05, 4.69) is 17.9 Å². The molecule has 0 aliphatic carbocycles. The molecule has 3 rings (SSSR count). The third kappa shape index (κ3) is 3.93. The smallest absolute Gasteiger partial charge is 0.253 e. The number of ketones is 1. The molecule has 0 unspecified atom stereocenters. The molecule has 2 aliphatic rings. The van der Waals surface area contributed by atoms with Gasteiger partial charge in [0.2, 0.25) is 0 Å². The van der Waals surface area contributed by atoms with Gasteiger partial charge in [-0.1, -0.05) is 13.0 Å². The van der Waals surface area contributed by atoms with Crippen LogP contribution >= 0.6 is 11.3 Å². The number of hydrogen-bond acceptors (Lipinski definition) is 6. The number of sulfonamides is 1. The lowest BCUT2D eigenvalue weighted by Gasteiger charge is -2.39. The van der Waals surface area contributed by atoms with E-state index >= 15 is 0 Å². The van der Waals surface area contributed by atoms with Gasteiger partial charge in [-0.05, 0) is 42.0 Å². The maximum Gasteiger partial charge on any atom is 0.253 e. The van der Waals surface area contributed by atoms with Crippen LogP contribution in [0.3, 0.4) is 0 Å². The Morgan fingerprint density at radius 1 is 1.35 bits per heavy atom. The van der Waals surface area contributed by atoms with Crippen molar-refractivity contribution in [2.24, 2.45) is 0 Å². The number of carbonyl (C=O) groups is 1. The molecule has 0 radical (unpaired) electrons. The molecule has 26 heavy (non-hydrogen) atoms. The topological polar surface area (TPSA) is 66.9 Å². The Bertz CT molecular complexity index is 812. The standard InChI is InChI=1S/C18H24N2O4S2/c1-3-15-13-24-9-6-16(15)11-19-7-8-20(17(12-19)14(2)21)26(22,23)18-5-4-10-25-18/h4-6,10,13,17H,3,7-9,11-12H2,1-2H3/t17-/m0/s1. The van der Waals surface area contributed by atoms with E-state index in [0.29, 0.717) is 37.0 Å². The molecule has 1 fully saturated rings. The molecule has 1 saturated heterocycles. The van der Waals surface area contributed by atoms with Crippen LogP contribution < -0.4 is 0 Å². The lowest BCUT2D eigenvalue weighted by atomic mass is 10.0. The molecular formula is C18H24N2O4S2. The van der Waals surface area contributed by atoms with E-state index in [-0.39, 0.29) is 5.78 Å². The molecule has 0 bridgehead atoms. The van der Waals surface area contributed by atoms with Gasteiger partial charge in [0.1, 0.15) is 16.6 Å². The number of ether oxygens (including phenoxy) is 1. The van der Waals surface area contributed by atoms with E-state index in [1.807, 2.05) is 0 Å². The van der Waals surface area contributed by atoms with Crippen LogP contribution in [0.25, 0.3) is 0 Å². The lowest BCUT2D eigenvalue weighted by molar-refractivity contribution is -0.122. The molecule has 8 heteroatoms. The first-order chi connectivity index (χ1) is 12.4. The van der Waals surface area contributed by atoms with Crippen molar-refractivity contribution < 1.29 is 17.9 Å². The molecule has 3 heterocycles. The van der Waals surface area contributed by atoms with E-state index in [0.717, 1.165) is 12.0 Å².